The molecule has 1 aromatic heterocycles. The molecule has 3 aromatic rings. The fourth-order valence-corrected chi connectivity index (χ4v) is 4.44. The van der Waals surface area contributed by atoms with E-state index in [1.807, 2.05) is 30.3 Å². The van der Waals surface area contributed by atoms with Crippen molar-refractivity contribution < 1.29 is 17.9 Å². The largest absolute Gasteiger partial charge is 0.481 e. The Morgan fingerprint density at radius 3 is 2.17 bits per heavy atom. The molecule has 0 unspecified atom stereocenters. The zero-order chi connectivity index (χ0) is 21.6. The lowest BCUT2D eigenvalue weighted by Crippen LogP contribution is -2.14. The van der Waals surface area contributed by atoms with Gasteiger partial charge in [-0.2, -0.15) is 18.4 Å². The third kappa shape index (κ3) is 5.08. The average molecular weight is 445 g/mol. The zero-order valence-corrected chi connectivity index (χ0v) is 18.2. The van der Waals surface area contributed by atoms with E-state index >= 15 is 0 Å². The fraction of sp³-hybridized carbons (Fsp3) is 0.150. The van der Waals surface area contributed by atoms with Crippen LogP contribution in [0.2, 0.25) is 0 Å². The van der Waals surface area contributed by atoms with Crippen LogP contribution in [0.15, 0.2) is 70.0 Å². The summed E-state index contributed by atoms with van der Waals surface area (Å²) < 4.78 is 40.4. The van der Waals surface area contributed by atoms with Crippen LogP contribution < -0.4 is 14.8 Å². The molecule has 1 heterocycles. The van der Waals surface area contributed by atoms with Crippen LogP contribution >= 0.6 is 11.8 Å². The Morgan fingerprint density at radius 2 is 1.57 bits per heavy atom. The molecule has 156 valence electrons. The SMILES string of the molecule is COc1cc(OC)nc(N/C(=N/S(=O)(=O)c2ccccc2-c2ccccc2)SC)n1. The van der Waals surface area contributed by atoms with Gasteiger partial charge in [0.2, 0.25) is 17.7 Å². The molecule has 0 aliphatic rings. The number of sulfonamides is 1. The Kier molecular flexibility index (Phi) is 6.91. The Balaban J connectivity index is 1.99. The van der Waals surface area contributed by atoms with E-state index in [0.29, 0.717) is 5.56 Å². The van der Waals surface area contributed by atoms with Gasteiger partial charge in [-0.3, -0.25) is 0 Å². The number of ether oxygens (including phenoxy) is 2. The van der Waals surface area contributed by atoms with Gasteiger partial charge in [0.15, 0.2) is 5.17 Å². The van der Waals surface area contributed by atoms with Gasteiger partial charge in [0.05, 0.1) is 25.2 Å². The van der Waals surface area contributed by atoms with Gasteiger partial charge in [0.25, 0.3) is 10.0 Å². The van der Waals surface area contributed by atoms with Crippen molar-refractivity contribution in [3.8, 4) is 22.9 Å². The van der Waals surface area contributed by atoms with E-state index in [2.05, 4.69) is 19.7 Å². The van der Waals surface area contributed by atoms with Crippen molar-refractivity contribution in [2.45, 2.75) is 4.90 Å². The maximum Gasteiger partial charge on any atom is 0.285 e. The molecule has 0 bridgehead atoms. The van der Waals surface area contributed by atoms with Crippen molar-refractivity contribution in [3.05, 3.63) is 60.7 Å². The number of hydrogen-bond acceptors (Lipinski definition) is 7. The van der Waals surface area contributed by atoms with E-state index in [0.717, 1.165) is 17.3 Å². The number of aromatic nitrogens is 2. The summed E-state index contributed by atoms with van der Waals surface area (Å²) in [6.45, 7) is 0. The molecule has 0 atom stereocenters. The summed E-state index contributed by atoms with van der Waals surface area (Å²) in [6.07, 6.45) is 1.70. The molecule has 0 saturated carbocycles. The van der Waals surface area contributed by atoms with Crippen molar-refractivity contribution in [2.75, 3.05) is 25.8 Å². The minimum absolute atomic E-state index is 0.103. The standard InChI is InChI=1S/C20H20N4O4S2/c1-27-17-13-18(28-2)22-19(21-17)23-20(29-3)24-30(25,26)16-12-8-7-11-15(16)14-9-5-4-6-10-14/h4-13H,1-3H3,(H,21,22,23,24). The summed E-state index contributed by atoms with van der Waals surface area (Å²) in [5, 5.41) is 2.92. The molecular weight excluding hydrogens is 424 g/mol. The highest BCUT2D eigenvalue weighted by Gasteiger charge is 2.20. The summed E-state index contributed by atoms with van der Waals surface area (Å²) in [4.78, 5) is 8.39. The molecule has 0 aliphatic heterocycles. The van der Waals surface area contributed by atoms with Crippen molar-refractivity contribution in [2.24, 2.45) is 4.40 Å². The van der Waals surface area contributed by atoms with Crippen LogP contribution in [0.25, 0.3) is 11.1 Å². The topological polar surface area (TPSA) is 103 Å². The summed E-state index contributed by atoms with van der Waals surface area (Å²) in [7, 11) is -1.10. The van der Waals surface area contributed by atoms with E-state index in [1.54, 1.807) is 24.5 Å². The molecule has 0 spiro atoms. The first-order chi connectivity index (χ1) is 14.5. The van der Waals surface area contributed by atoms with Crippen molar-refractivity contribution in [3.63, 3.8) is 0 Å². The van der Waals surface area contributed by atoms with Gasteiger partial charge in [0.1, 0.15) is 0 Å². The monoisotopic (exact) mass is 444 g/mol. The lowest BCUT2D eigenvalue weighted by atomic mass is 10.1. The molecule has 1 N–H and O–H groups in total. The zero-order valence-electron chi connectivity index (χ0n) is 16.6. The molecule has 8 nitrogen and oxygen atoms in total. The Hall–Kier alpha value is -3.11. The quantitative estimate of drug-likeness (QED) is 0.454. The predicted molar refractivity (Wildman–Crippen MR) is 119 cm³/mol. The number of amidine groups is 1. The predicted octanol–water partition coefficient (Wildman–Crippen LogP) is 3.68. The van der Waals surface area contributed by atoms with Gasteiger partial charge >= 0.3 is 0 Å². The molecule has 0 fully saturated rings. The summed E-state index contributed by atoms with van der Waals surface area (Å²) in [5.74, 6) is 0.634. The smallest absolute Gasteiger partial charge is 0.285 e. The van der Waals surface area contributed by atoms with E-state index in [4.69, 9.17) is 9.47 Å². The van der Waals surface area contributed by atoms with Crippen molar-refractivity contribution in [1.29, 1.82) is 0 Å². The number of nitrogens with zero attached hydrogens (tertiary/aromatic N) is 3. The Labute approximate surface area is 179 Å². The Morgan fingerprint density at radius 1 is 0.967 bits per heavy atom. The average Bonchev–Trinajstić information content (AvgIpc) is 2.78. The minimum Gasteiger partial charge on any atom is -0.481 e. The van der Waals surface area contributed by atoms with Crippen LogP contribution in [-0.2, 0) is 10.0 Å². The number of rotatable bonds is 6. The lowest BCUT2D eigenvalue weighted by molar-refractivity contribution is 0.373. The van der Waals surface area contributed by atoms with Gasteiger partial charge in [-0.1, -0.05) is 60.3 Å². The summed E-state index contributed by atoms with van der Waals surface area (Å²) in [5.41, 5.74) is 1.35. The first-order valence-corrected chi connectivity index (χ1v) is 11.4. The maximum absolute atomic E-state index is 13.1. The van der Waals surface area contributed by atoms with Crippen molar-refractivity contribution >= 4 is 32.9 Å². The summed E-state index contributed by atoms with van der Waals surface area (Å²) in [6, 6.07) is 17.5. The van der Waals surface area contributed by atoms with Gasteiger partial charge in [-0.05, 0) is 17.9 Å². The maximum atomic E-state index is 13.1. The molecule has 0 saturated heterocycles. The van der Waals surface area contributed by atoms with Gasteiger partial charge in [-0.15, -0.1) is 4.40 Å². The van der Waals surface area contributed by atoms with Crippen LogP contribution in [0, 0.1) is 0 Å². The van der Waals surface area contributed by atoms with E-state index in [-0.39, 0.29) is 27.8 Å². The third-order valence-electron chi connectivity index (χ3n) is 3.96. The highest BCUT2D eigenvalue weighted by atomic mass is 32.2. The molecule has 0 aliphatic carbocycles. The number of hydrogen-bond donors (Lipinski definition) is 1. The minimum atomic E-state index is -4.02. The van der Waals surface area contributed by atoms with Crippen LogP contribution in [0.3, 0.4) is 0 Å². The fourth-order valence-electron chi connectivity index (χ4n) is 2.58. The second kappa shape index (κ2) is 9.59. The number of methoxy groups -OCH3 is 2. The highest BCUT2D eigenvalue weighted by Crippen LogP contribution is 2.29. The van der Waals surface area contributed by atoms with Gasteiger partial charge in [-0.25, -0.2) is 0 Å². The number of thioether (sulfide) groups is 1. The number of benzene rings is 2. The molecule has 2 aromatic carbocycles. The molecular formula is C20H20N4O4S2. The molecule has 0 radical (unpaired) electrons. The van der Waals surface area contributed by atoms with Crippen LogP contribution in [0.4, 0.5) is 5.95 Å². The van der Waals surface area contributed by atoms with E-state index < -0.39 is 10.0 Å². The van der Waals surface area contributed by atoms with E-state index in [1.165, 1.54) is 26.4 Å². The Bertz CT molecular complexity index is 1130. The number of nitrogens with one attached hydrogen (secondary N) is 1. The van der Waals surface area contributed by atoms with Crippen LogP contribution in [-0.4, -0.2) is 44.0 Å². The first-order valence-electron chi connectivity index (χ1n) is 8.74. The van der Waals surface area contributed by atoms with Crippen molar-refractivity contribution in [1.82, 2.24) is 9.97 Å². The third-order valence-corrected chi connectivity index (χ3v) is 5.99. The van der Waals surface area contributed by atoms with Gasteiger partial charge < -0.3 is 14.8 Å². The lowest BCUT2D eigenvalue weighted by Gasteiger charge is -2.11. The molecule has 3 rings (SSSR count). The second-order valence-electron chi connectivity index (χ2n) is 5.84. The van der Waals surface area contributed by atoms with E-state index in [9.17, 15) is 8.42 Å². The second-order valence-corrected chi connectivity index (χ2v) is 8.21. The van der Waals surface area contributed by atoms with Gasteiger partial charge in [0, 0.05) is 5.56 Å². The number of anilines is 1. The highest BCUT2D eigenvalue weighted by molar-refractivity contribution is 8.14. The normalized spacial score (nSPS) is 11.8. The molecule has 0 amide bonds. The molecule has 10 heteroatoms. The summed E-state index contributed by atoms with van der Waals surface area (Å²) >= 11 is 1.11. The van der Waals surface area contributed by atoms with Crippen LogP contribution in [0.1, 0.15) is 0 Å². The molecule has 30 heavy (non-hydrogen) atoms. The van der Waals surface area contributed by atoms with Crippen LogP contribution in [0.5, 0.6) is 11.8 Å². The first kappa shape index (κ1) is 21.6.